The van der Waals surface area contributed by atoms with Crippen LogP contribution in [0.5, 0.6) is 0 Å². The first-order valence-electron chi connectivity index (χ1n) is 8.02. The second-order valence-electron chi connectivity index (χ2n) is 5.82. The van der Waals surface area contributed by atoms with Gasteiger partial charge in [0.05, 0.1) is 6.10 Å². The van der Waals surface area contributed by atoms with Gasteiger partial charge < -0.3 is 15.0 Å². The van der Waals surface area contributed by atoms with Crippen LogP contribution < -0.4 is 5.32 Å². The van der Waals surface area contributed by atoms with Crippen LogP contribution in [0.25, 0.3) is 0 Å². The van der Waals surface area contributed by atoms with E-state index in [0.717, 1.165) is 57.6 Å². The van der Waals surface area contributed by atoms with E-state index in [1.807, 2.05) is 24.0 Å². The van der Waals surface area contributed by atoms with Crippen LogP contribution in [0.3, 0.4) is 0 Å². The van der Waals surface area contributed by atoms with Crippen LogP contribution in [-0.4, -0.2) is 43.2 Å². The molecule has 4 heteroatoms. The standard InChI is InChI=1S/C17H24N2O2/c1-2-21-14-7-10-19(11-8-14)17(20)16-5-3-4-13-12-18-9-6-15(13)16/h3-5,14,18H,2,6-12H2,1H3. The van der Waals surface area contributed by atoms with E-state index in [-0.39, 0.29) is 5.91 Å². The largest absolute Gasteiger partial charge is 0.378 e. The van der Waals surface area contributed by atoms with E-state index in [0.29, 0.717) is 6.10 Å². The summed E-state index contributed by atoms with van der Waals surface area (Å²) in [4.78, 5) is 14.8. The Bertz CT molecular complexity index is 508. The van der Waals surface area contributed by atoms with Crippen molar-refractivity contribution in [3.05, 3.63) is 34.9 Å². The highest BCUT2D eigenvalue weighted by atomic mass is 16.5. The molecule has 1 N–H and O–H groups in total. The molecule has 0 saturated carbocycles. The van der Waals surface area contributed by atoms with E-state index in [1.165, 1.54) is 11.1 Å². The van der Waals surface area contributed by atoms with Crippen molar-refractivity contribution in [1.82, 2.24) is 10.2 Å². The predicted molar refractivity (Wildman–Crippen MR) is 82.4 cm³/mol. The topological polar surface area (TPSA) is 41.6 Å². The molecule has 1 saturated heterocycles. The molecule has 2 aliphatic heterocycles. The number of carbonyl (C=O) groups is 1. The Balaban J connectivity index is 1.72. The van der Waals surface area contributed by atoms with Gasteiger partial charge in [-0.05, 0) is 49.9 Å². The molecule has 4 nitrogen and oxygen atoms in total. The quantitative estimate of drug-likeness (QED) is 0.924. The first-order valence-corrected chi connectivity index (χ1v) is 8.02. The van der Waals surface area contributed by atoms with Crippen LogP contribution in [-0.2, 0) is 17.7 Å². The van der Waals surface area contributed by atoms with Gasteiger partial charge in [-0.1, -0.05) is 12.1 Å². The molecule has 1 fully saturated rings. The summed E-state index contributed by atoms with van der Waals surface area (Å²) in [6.07, 6.45) is 3.19. The van der Waals surface area contributed by atoms with Gasteiger partial charge in [-0.15, -0.1) is 0 Å². The Hall–Kier alpha value is -1.39. The maximum absolute atomic E-state index is 12.8. The number of piperidine rings is 1. The molecular formula is C17H24N2O2. The van der Waals surface area contributed by atoms with Crippen molar-refractivity contribution >= 4 is 5.91 Å². The summed E-state index contributed by atoms with van der Waals surface area (Å²) in [5.74, 6) is 0.198. The van der Waals surface area contributed by atoms with Crippen LogP contribution in [0.2, 0.25) is 0 Å². The van der Waals surface area contributed by atoms with Crippen molar-refractivity contribution in [2.45, 2.75) is 38.8 Å². The monoisotopic (exact) mass is 288 g/mol. The third-order valence-corrected chi connectivity index (χ3v) is 4.50. The highest BCUT2D eigenvalue weighted by Gasteiger charge is 2.26. The number of nitrogens with one attached hydrogen (secondary N) is 1. The maximum Gasteiger partial charge on any atom is 0.254 e. The number of hydrogen-bond acceptors (Lipinski definition) is 3. The molecule has 2 heterocycles. The van der Waals surface area contributed by atoms with Crippen molar-refractivity contribution in [2.75, 3.05) is 26.2 Å². The van der Waals surface area contributed by atoms with Gasteiger partial charge in [-0.3, -0.25) is 4.79 Å². The SMILES string of the molecule is CCOC1CCN(C(=O)c2cccc3c2CCNC3)CC1. The molecule has 21 heavy (non-hydrogen) atoms. The first-order chi connectivity index (χ1) is 10.3. The van der Waals surface area contributed by atoms with Gasteiger partial charge in [0.1, 0.15) is 0 Å². The number of hydrogen-bond donors (Lipinski definition) is 1. The van der Waals surface area contributed by atoms with Crippen molar-refractivity contribution < 1.29 is 9.53 Å². The van der Waals surface area contributed by atoms with Crippen molar-refractivity contribution in [3.8, 4) is 0 Å². The Morgan fingerprint density at radius 1 is 1.38 bits per heavy atom. The average molecular weight is 288 g/mol. The summed E-state index contributed by atoms with van der Waals surface area (Å²) in [5, 5.41) is 3.37. The molecule has 1 amide bonds. The lowest BCUT2D eigenvalue weighted by Crippen LogP contribution is -2.41. The summed E-state index contributed by atoms with van der Waals surface area (Å²) in [5.41, 5.74) is 3.42. The van der Waals surface area contributed by atoms with E-state index in [1.54, 1.807) is 0 Å². The van der Waals surface area contributed by atoms with Gasteiger partial charge in [0.2, 0.25) is 0 Å². The minimum Gasteiger partial charge on any atom is -0.378 e. The smallest absolute Gasteiger partial charge is 0.254 e. The first kappa shape index (κ1) is 14.5. The molecule has 0 bridgehead atoms. The number of ether oxygens (including phenoxy) is 1. The third-order valence-electron chi connectivity index (χ3n) is 4.50. The van der Waals surface area contributed by atoms with Crippen LogP contribution in [0.4, 0.5) is 0 Å². The molecule has 0 atom stereocenters. The highest BCUT2D eigenvalue weighted by molar-refractivity contribution is 5.96. The fraction of sp³-hybridized carbons (Fsp3) is 0.588. The number of carbonyl (C=O) groups excluding carboxylic acids is 1. The molecule has 2 aliphatic rings. The molecule has 0 unspecified atom stereocenters. The number of nitrogens with zero attached hydrogens (tertiary/aromatic N) is 1. The highest BCUT2D eigenvalue weighted by Crippen LogP contribution is 2.22. The van der Waals surface area contributed by atoms with E-state index in [9.17, 15) is 4.79 Å². The number of rotatable bonds is 3. The molecule has 1 aromatic rings. The fourth-order valence-corrected chi connectivity index (χ4v) is 3.36. The lowest BCUT2D eigenvalue weighted by molar-refractivity contribution is 0.0145. The molecule has 114 valence electrons. The zero-order valence-corrected chi connectivity index (χ0v) is 12.7. The molecule has 1 aromatic carbocycles. The maximum atomic E-state index is 12.8. The van der Waals surface area contributed by atoms with E-state index >= 15 is 0 Å². The average Bonchev–Trinajstić information content (AvgIpc) is 2.55. The van der Waals surface area contributed by atoms with E-state index < -0.39 is 0 Å². The predicted octanol–water partition coefficient (Wildman–Crippen LogP) is 1.97. The number of fused-ring (bicyclic) bond motifs is 1. The minimum absolute atomic E-state index is 0.198. The number of amides is 1. The molecular weight excluding hydrogens is 264 g/mol. The van der Waals surface area contributed by atoms with Crippen LogP contribution in [0.15, 0.2) is 18.2 Å². The molecule has 0 radical (unpaired) electrons. The van der Waals surface area contributed by atoms with Crippen molar-refractivity contribution in [2.24, 2.45) is 0 Å². The number of benzene rings is 1. The van der Waals surface area contributed by atoms with Gasteiger partial charge >= 0.3 is 0 Å². The third kappa shape index (κ3) is 3.11. The zero-order chi connectivity index (χ0) is 14.7. The van der Waals surface area contributed by atoms with Gasteiger partial charge in [-0.25, -0.2) is 0 Å². The second kappa shape index (κ2) is 6.58. The fourth-order valence-electron chi connectivity index (χ4n) is 3.36. The Kier molecular flexibility index (Phi) is 4.56. The van der Waals surface area contributed by atoms with Gasteiger partial charge in [0, 0.05) is 31.8 Å². The lowest BCUT2D eigenvalue weighted by Gasteiger charge is -2.32. The van der Waals surface area contributed by atoms with Crippen LogP contribution in [0, 0.1) is 0 Å². The molecule has 0 aliphatic carbocycles. The minimum atomic E-state index is 0.198. The van der Waals surface area contributed by atoms with Gasteiger partial charge in [-0.2, -0.15) is 0 Å². The van der Waals surface area contributed by atoms with Crippen molar-refractivity contribution in [1.29, 1.82) is 0 Å². The van der Waals surface area contributed by atoms with E-state index in [4.69, 9.17) is 4.74 Å². The molecule has 0 spiro atoms. The molecule has 3 rings (SSSR count). The Labute approximate surface area is 126 Å². The number of likely N-dealkylation sites (tertiary alicyclic amines) is 1. The van der Waals surface area contributed by atoms with Gasteiger partial charge in [0.25, 0.3) is 5.91 Å². The lowest BCUT2D eigenvalue weighted by atomic mass is 9.94. The summed E-state index contributed by atoms with van der Waals surface area (Å²) in [7, 11) is 0. The summed E-state index contributed by atoms with van der Waals surface area (Å²) >= 11 is 0. The zero-order valence-electron chi connectivity index (χ0n) is 12.7. The van der Waals surface area contributed by atoms with E-state index in [2.05, 4.69) is 11.4 Å². The Morgan fingerprint density at radius 2 is 2.19 bits per heavy atom. The molecule has 0 aromatic heterocycles. The summed E-state index contributed by atoms with van der Waals surface area (Å²) in [6, 6.07) is 6.12. The van der Waals surface area contributed by atoms with Gasteiger partial charge in [0.15, 0.2) is 0 Å². The summed E-state index contributed by atoms with van der Waals surface area (Å²) < 4.78 is 5.66. The second-order valence-corrected chi connectivity index (χ2v) is 5.82. The summed E-state index contributed by atoms with van der Waals surface area (Å²) in [6.45, 7) is 6.25. The van der Waals surface area contributed by atoms with Crippen molar-refractivity contribution in [3.63, 3.8) is 0 Å². The normalized spacial score (nSPS) is 19.4. The van der Waals surface area contributed by atoms with Crippen LogP contribution in [0.1, 0.15) is 41.3 Å². The van der Waals surface area contributed by atoms with Crippen LogP contribution >= 0.6 is 0 Å². The Morgan fingerprint density at radius 3 is 2.95 bits per heavy atom.